The molecule has 0 unspecified atom stereocenters. The molecule has 29 heavy (non-hydrogen) atoms. The average molecular weight is 393 g/mol. The van der Waals surface area contributed by atoms with Crippen molar-refractivity contribution < 1.29 is 4.74 Å². The van der Waals surface area contributed by atoms with Gasteiger partial charge in [-0.2, -0.15) is 5.10 Å². The Morgan fingerprint density at radius 1 is 1.14 bits per heavy atom. The largest absolute Gasteiger partial charge is 0.486 e. The number of hydrogen-bond acceptors (Lipinski definition) is 5. The van der Waals surface area contributed by atoms with E-state index in [0.29, 0.717) is 18.4 Å². The summed E-state index contributed by atoms with van der Waals surface area (Å²) in [6.07, 6.45) is 8.61. The lowest BCUT2D eigenvalue weighted by molar-refractivity contribution is 0.196. The normalized spacial score (nSPS) is 20.1. The van der Waals surface area contributed by atoms with E-state index in [-0.39, 0.29) is 0 Å². The molecule has 0 amide bonds. The highest BCUT2D eigenvalue weighted by Crippen LogP contribution is 2.38. The maximum atomic E-state index is 5.86. The van der Waals surface area contributed by atoms with Crippen molar-refractivity contribution in [2.45, 2.75) is 50.7 Å². The van der Waals surface area contributed by atoms with E-state index >= 15 is 0 Å². The molecule has 7 nitrogen and oxygen atoms in total. The number of nitrogens with one attached hydrogen (secondary N) is 1. The molecule has 0 bridgehead atoms. The summed E-state index contributed by atoms with van der Waals surface area (Å²) in [7, 11) is 1.98. The summed E-state index contributed by atoms with van der Waals surface area (Å²) < 4.78 is 7.84. The van der Waals surface area contributed by atoms with E-state index in [1.54, 1.807) is 6.20 Å². The second kappa shape index (κ2) is 7.99. The van der Waals surface area contributed by atoms with Crippen LogP contribution in [0.2, 0.25) is 0 Å². The molecule has 1 saturated carbocycles. The number of aryl methyl sites for hydroxylation is 1. The van der Waals surface area contributed by atoms with Crippen LogP contribution in [0.4, 0.5) is 0 Å². The zero-order chi connectivity index (χ0) is 19.6. The maximum absolute atomic E-state index is 5.86. The number of nitrogens with zero attached hydrogens (tertiary/aromatic N) is 5. The maximum Gasteiger partial charge on any atom is 0.155 e. The van der Waals surface area contributed by atoms with Gasteiger partial charge in [0.25, 0.3) is 0 Å². The Morgan fingerprint density at radius 3 is 2.76 bits per heavy atom. The van der Waals surface area contributed by atoms with Crippen LogP contribution in [0.5, 0.6) is 5.75 Å². The van der Waals surface area contributed by atoms with Crippen LogP contribution in [0.15, 0.2) is 36.7 Å². The molecule has 152 valence electrons. The number of aromatic amines is 1. The van der Waals surface area contributed by atoms with Gasteiger partial charge in [-0.05, 0) is 49.9 Å². The molecule has 2 aromatic heterocycles. The van der Waals surface area contributed by atoms with Gasteiger partial charge in [-0.15, -0.1) is 0 Å². The van der Waals surface area contributed by atoms with Gasteiger partial charge < -0.3 is 9.30 Å². The van der Waals surface area contributed by atoms with Crippen molar-refractivity contribution >= 4 is 0 Å². The number of likely N-dealkylation sites (tertiary alicyclic amines) is 1. The molecular formula is C22H28N6O. The Morgan fingerprint density at radius 2 is 2.00 bits per heavy atom. The number of piperidine rings is 1. The number of benzene rings is 1. The number of imidazole rings is 1. The molecule has 1 aliphatic heterocycles. The van der Waals surface area contributed by atoms with Crippen molar-refractivity contribution in [3.8, 4) is 5.75 Å². The van der Waals surface area contributed by atoms with Gasteiger partial charge >= 0.3 is 0 Å². The van der Waals surface area contributed by atoms with Gasteiger partial charge in [-0.25, -0.2) is 9.97 Å². The van der Waals surface area contributed by atoms with E-state index in [4.69, 9.17) is 9.72 Å². The van der Waals surface area contributed by atoms with Crippen molar-refractivity contribution in [1.29, 1.82) is 0 Å². The highest BCUT2D eigenvalue weighted by Gasteiger charge is 2.30. The number of ether oxygens (including phenoxy) is 1. The van der Waals surface area contributed by atoms with E-state index in [2.05, 4.69) is 44.3 Å². The third kappa shape index (κ3) is 4.34. The second-order valence-electron chi connectivity index (χ2n) is 8.31. The number of aromatic nitrogens is 5. The standard InChI is InChI=1S/C22H28N6O/c1-27-12-10-23-20(27)15-29-19-8-4-16(5-9-19)13-28-11-2-3-18(14-28)22-24-21(25-26-22)17-6-7-17/h4-5,8-10,12,17-18H,2-3,6-7,11,13-15H2,1H3,(H,24,25,26)/t18-/m1/s1. The fourth-order valence-electron chi connectivity index (χ4n) is 4.05. The minimum absolute atomic E-state index is 0.438. The Kier molecular flexibility index (Phi) is 5.06. The fourth-order valence-corrected chi connectivity index (χ4v) is 4.05. The monoisotopic (exact) mass is 392 g/mol. The van der Waals surface area contributed by atoms with Crippen LogP contribution in [-0.4, -0.2) is 42.7 Å². The van der Waals surface area contributed by atoms with Crippen LogP contribution in [-0.2, 0) is 20.2 Å². The summed E-state index contributed by atoms with van der Waals surface area (Å²) in [6, 6.07) is 8.43. The van der Waals surface area contributed by atoms with Crippen molar-refractivity contribution in [2.24, 2.45) is 7.05 Å². The Labute approximate surface area is 171 Å². The second-order valence-corrected chi connectivity index (χ2v) is 8.31. The summed E-state index contributed by atoms with van der Waals surface area (Å²) in [5.41, 5.74) is 1.31. The summed E-state index contributed by atoms with van der Waals surface area (Å²) in [6.45, 7) is 3.60. The van der Waals surface area contributed by atoms with E-state index in [0.717, 1.165) is 42.9 Å². The lowest BCUT2D eigenvalue weighted by Crippen LogP contribution is -2.34. The molecule has 1 aromatic carbocycles. The first-order valence-electron chi connectivity index (χ1n) is 10.6. The van der Waals surface area contributed by atoms with E-state index < -0.39 is 0 Å². The van der Waals surface area contributed by atoms with Gasteiger partial charge in [0.05, 0.1) is 0 Å². The highest BCUT2D eigenvalue weighted by atomic mass is 16.5. The first-order chi connectivity index (χ1) is 14.2. The lowest BCUT2D eigenvalue weighted by atomic mass is 9.97. The molecule has 0 radical (unpaired) electrons. The first kappa shape index (κ1) is 18.4. The zero-order valence-electron chi connectivity index (χ0n) is 16.9. The quantitative estimate of drug-likeness (QED) is 0.667. The Hall–Kier alpha value is -2.67. The molecule has 7 heteroatoms. The van der Waals surface area contributed by atoms with Gasteiger partial charge in [-0.1, -0.05) is 12.1 Å². The molecule has 0 spiro atoms. The number of hydrogen-bond donors (Lipinski definition) is 1. The van der Waals surface area contributed by atoms with Gasteiger partial charge in [0.15, 0.2) is 5.82 Å². The van der Waals surface area contributed by atoms with E-state index in [9.17, 15) is 0 Å². The molecule has 5 rings (SSSR count). The van der Waals surface area contributed by atoms with Gasteiger partial charge in [0, 0.05) is 44.4 Å². The van der Waals surface area contributed by atoms with Gasteiger partial charge in [0.2, 0.25) is 0 Å². The fraction of sp³-hybridized carbons (Fsp3) is 0.500. The van der Waals surface area contributed by atoms with Crippen LogP contribution in [0.3, 0.4) is 0 Å². The minimum Gasteiger partial charge on any atom is -0.486 e. The predicted octanol–water partition coefficient (Wildman–Crippen LogP) is 3.37. The summed E-state index contributed by atoms with van der Waals surface area (Å²) in [5, 5.41) is 7.68. The first-order valence-corrected chi connectivity index (χ1v) is 10.6. The van der Waals surface area contributed by atoms with E-state index in [1.165, 1.54) is 31.2 Å². The van der Waals surface area contributed by atoms with Crippen LogP contribution >= 0.6 is 0 Å². The molecule has 2 aliphatic rings. The van der Waals surface area contributed by atoms with Crippen LogP contribution in [0.1, 0.15) is 60.6 Å². The molecule has 3 heterocycles. The van der Waals surface area contributed by atoms with Crippen molar-refractivity contribution in [1.82, 2.24) is 29.6 Å². The molecule has 3 aromatic rings. The lowest BCUT2D eigenvalue weighted by Gasteiger charge is -2.31. The Bertz CT molecular complexity index is 942. The molecule has 1 aliphatic carbocycles. The predicted molar refractivity (Wildman–Crippen MR) is 110 cm³/mol. The molecule has 1 N–H and O–H groups in total. The third-order valence-corrected chi connectivity index (χ3v) is 5.97. The van der Waals surface area contributed by atoms with Crippen molar-refractivity contribution in [3.05, 3.63) is 59.7 Å². The summed E-state index contributed by atoms with van der Waals surface area (Å²) >= 11 is 0. The van der Waals surface area contributed by atoms with Crippen molar-refractivity contribution in [3.63, 3.8) is 0 Å². The topological polar surface area (TPSA) is 71.9 Å². The van der Waals surface area contributed by atoms with Crippen molar-refractivity contribution in [2.75, 3.05) is 13.1 Å². The Balaban J connectivity index is 1.15. The van der Waals surface area contributed by atoms with Crippen LogP contribution in [0, 0.1) is 0 Å². The van der Waals surface area contributed by atoms with E-state index in [1.807, 2.05) is 17.8 Å². The zero-order valence-corrected chi connectivity index (χ0v) is 16.9. The average Bonchev–Trinajstić information content (AvgIpc) is 3.33. The molecule has 1 saturated heterocycles. The smallest absolute Gasteiger partial charge is 0.155 e. The third-order valence-electron chi connectivity index (χ3n) is 5.97. The summed E-state index contributed by atoms with van der Waals surface area (Å²) in [4.78, 5) is 11.6. The number of H-pyrrole nitrogens is 1. The van der Waals surface area contributed by atoms with Crippen LogP contribution in [0.25, 0.3) is 0 Å². The van der Waals surface area contributed by atoms with Gasteiger partial charge in [-0.3, -0.25) is 10.00 Å². The highest BCUT2D eigenvalue weighted by molar-refractivity contribution is 5.27. The minimum atomic E-state index is 0.438. The molecule has 2 fully saturated rings. The van der Waals surface area contributed by atoms with Crippen LogP contribution < -0.4 is 4.74 Å². The number of rotatable bonds is 7. The summed E-state index contributed by atoms with van der Waals surface area (Å²) in [5.74, 6) is 4.97. The molecular weight excluding hydrogens is 364 g/mol. The van der Waals surface area contributed by atoms with Gasteiger partial charge in [0.1, 0.15) is 24.0 Å². The molecule has 1 atom stereocenters. The SMILES string of the molecule is Cn1ccnc1COc1ccc(CN2CCC[C@@H](c3n[nH]c(C4CC4)n3)C2)cc1.